The molecule has 0 bridgehead atoms. The highest BCUT2D eigenvalue weighted by atomic mass is 32.7. The van der Waals surface area contributed by atoms with Gasteiger partial charge in [0, 0.05) is 89.8 Å². The van der Waals surface area contributed by atoms with Gasteiger partial charge in [-0.25, -0.2) is 53.8 Å². The molecule has 17 N–H and O–H groups in total. The Hall–Kier alpha value is -7.81. The van der Waals surface area contributed by atoms with E-state index in [0.29, 0.717) is 44.9 Å². The van der Waals surface area contributed by atoms with Crippen LogP contribution in [0.15, 0.2) is 115 Å². The fourth-order valence-electron chi connectivity index (χ4n) is 13.8. The summed E-state index contributed by atoms with van der Waals surface area (Å²) in [6, 6.07) is 6.60. The number of hydrogen-bond acceptors (Lipinski definition) is 40. The van der Waals surface area contributed by atoms with Gasteiger partial charge in [0.15, 0.2) is 41.4 Å². The monoisotopic (exact) mass is 1760 g/mol. The van der Waals surface area contributed by atoms with Crippen LogP contribution in [0.25, 0.3) is 33.5 Å². The van der Waals surface area contributed by atoms with Gasteiger partial charge in [-0.3, -0.25) is 74.8 Å². The van der Waals surface area contributed by atoms with E-state index in [0.717, 1.165) is 31.9 Å². The maximum atomic E-state index is 13.2. The number of ether oxygens (including phenoxy) is 9. The fourth-order valence-corrected chi connectivity index (χ4v) is 18.2. The van der Waals surface area contributed by atoms with Crippen molar-refractivity contribution >= 4 is 107 Å². The molecular formula is C62H80N19O30P3S3. The van der Waals surface area contributed by atoms with E-state index in [-0.39, 0.29) is 44.9 Å². The molecule has 15 heterocycles. The Balaban J connectivity index is 0.000000152. The van der Waals surface area contributed by atoms with Gasteiger partial charge in [-0.15, -0.1) is 0 Å². The van der Waals surface area contributed by atoms with Crippen LogP contribution in [0.3, 0.4) is 0 Å². The van der Waals surface area contributed by atoms with Crippen molar-refractivity contribution in [3.05, 3.63) is 149 Å². The first-order valence-electron chi connectivity index (χ1n) is 35.2. The number of rotatable bonds is 27. The summed E-state index contributed by atoms with van der Waals surface area (Å²) in [5.41, 5.74) is 17.3. The Kier molecular flexibility index (Phi) is 27.3. The third-order valence-corrected chi connectivity index (χ3v) is 24.2. The number of nitrogens with zero attached hydrogens (tertiary/aromatic N) is 13. The van der Waals surface area contributed by atoms with Crippen LogP contribution in [0, 0.1) is 0 Å². The lowest BCUT2D eigenvalue weighted by atomic mass is 10.1. The molecule has 9 aromatic heterocycles. The quantitative estimate of drug-likeness (QED) is 0.0175. The maximum absolute atomic E-state index is 13.2. The van der Waals surface area contributed by atoms with E-state index in [9.17, 15) is 73.8 Å². The highest BCUT2D eigenvalue weighted by molar-refractivity contribution is 8.44. The van der Waals surface area contributed by atoms with Crippen LogP contribution in [-0.4, -0.2) is 270 Å². The van der Waals surface area contributed by atoms with Gasteiger partial charge >= 0.3 is 37.3 Å². The molecule has 0 amide bonds. The number of imidazole rings is 3. The van der Waals surface area contributed by atoms with E-state index in [4.69, 9.17) is 111 Å². The van der Waals surface area contributed by atoms with Gasteiger partial charge in [-0.05, 0) is 35.7 Å². The highest BCUT2D eigenvalue weighted by Crippen LogP contribution is 2.57. The number of methoxy groups -OCH3 is 3. The number of thiol groups is 1. The summed E-state index contributed by atoms with van der Waals surface area (Å²) < 4.78 is 106. The number of H-pyrrole nitrogens is 3. The van der Waals surface area contributed by atoms with Crippen molar-refractivity contribution in [2.75, 3.05) is 78.2 Å². The lowest BCUT2D eigenvalue weighted by Crippen LogP contribution is -2.40. The van der Waals surface area contributed by atoms with E-state index in [1.165, 1.54) is 71.4 Å². The minimum atomic E-state index is -4.15. The van der Waals surface area contributed by atoms with Crippen molar-refractivity contribution in [1.29, 1.82) is 0 Å². The summed E-state index contributed by atoms with van der Waals surface area (Å²) in [5, 5.41) is 61.2. The number of anilines is 3. The largest absolute Gasteiger partial charge is 0.397 e. The van der Waals surface area contributed by atoms with Crippen molar-refractivity contribution in [1.82, 2.24) is 77.2 Å². The number of aliphatic hydroxyl groups is 6. The predicted molar refractivity (Wildman–Crippen MR) is 409 cm³/mol. The Morgan fingerprint density at radius 1 is 0.462 bits per heavy atom. The van der Waals surface area contributed by atoms with Crippen LogP contribution in [0.2, 0.25) is 0 Å². The third kappa shape index (κ3) is 19.0. The molecule has 117 heavy (non-hydrogen) atoms. The second-order valence-corrected chi connectivity index (χ2v) is 35.2. The van der Waals surface area contributed by atoms with Crippen LogP contribution >= 0.6 is 32.5 Å². The molecule has 0 aromatic carbocycles. The van der Waals surface area contributed by atoms with E-state index in [1.54, 1.807) is 32.0 Å². The van der Waals surface area contributed by atoms with Crippen LogP contribution < -0.4 is 50.9 Å². The number of fused-ring (bicyclic) bond motifs is 3. The van der Waals surface area contributed by atoms with Gasteiger partial charge in [0.2, 0.25) is 0 Å². The van der Waals surface area contributed by atoms with E-state index < -0.39 is 203 Å². The Morgan fingerprint density at radius 3 is 1.14 bits per heavy atom. The number of hydrogen-bond donors (Lipinski definition) is 15. The van der Waals surface area contributed by atoms with Gasteiger partial charge in [0.25, 0.3) is 16.7 Å². The van der Waals surface area contributed by atoms with Crippen molar-refractivity contribution in [3.8, 4) is 0 Å². The maximum Gasteiger partial charge on any atom is 0.386 e. The molecule has 6 fully saturated rings. The van der Waals surface area contributed by atoms with Gasteiger partial charge in [-0.1, -0.05) is 12.2 Å². The lowest BCUT2D eigenvalue weighted by Gasteiger charge is -2.27. The molecule has 9 aromatic rings. The zero-order valence-corrected chi connectivity index (χ0v) is 66.5. The molecule has 0 aliphatic carbocycles. The summed E-state index contributed by atoms with van der Waals surface area (Å²) in [6.45, 7) is -14.9. The number of pyridine rings is 2. The SMILES string of the molecule is COC1[C@@H](OP(=O)(S)OC[C@H]2O[C@@H](n3cnc4c(N)ccnc43)C[C@H]2O)[C@@H](CO)O[C@H]1n1ccc(=O)[nH]c1=O.COC1[C@@H](OP(O)(=S)OC[C@H]2O[C@@H](n3cnc4c(N)ccnc43)C[C@H]2O)[C@@H](CO)O[C@H]1n1ccc(=O)[nH]c1=O.COC1[C@@H](OP(O)(=S)OC[C@H]2O[C@@H](n3cnc4c(N)ncnc43)C[C@H]2O)[C@@H](CO)O[C@H]1n1ccc(=O)[nH]c1=O. The van der Waals surface area contributed by atoms with Gasteiger partial charge in [0.05, 0.1) is 88.3 Å². The second kappa shape index (κ2) is 36.6. The fraction of sp³-hybridized carbons (Fsp3) is 0.532. The Bertz CT molecular complexity index is 5020. The molecule has 6 unspecified atom stereocenters. The molecule has 49 nitrogen and oxygen atoms in total. The van der Waals surface area contributed by atoms with E-state index in [1.807, 2.05) is 0 Å². The number of nitrogen functional groups attached to an aromatic ring is 3. The molecule has 0 spiro atoms. The van der Waals surface area contributed by atoms with Gasteiger partial charge in [0.1, 0.15) is 115 Å². The van der Waals surface area contributed by atoms with Gasteiger partial charge < -0.3 is 109 Å². The van der Waals surface area contributed by atoms with Crippen LogP contribution in [0.5, 0.6) is 0 Å². The van der Waals surface area contributed by atoms with Crippen LogP contribution in [0.4, 0.5) is 17.2 Å². The number of nitrogens with one attached hydrogen (secondary N) is 3. The molecule has 6 saturated heterocycles. The van der Waals surface area contributed by atoms with Crippen molar-refractivity contribution in [3.63, 3.8) is 0 Å². The molecule has 15 rings (SSSR count). The molecule has 6 aliphatic rings. The van der Waals surface area contributed by atoms with Gasteiger partial charge in [-0.2, -0.15) is 0 Å². The highest BCUT2D eigenvalue weighted by Gasteiger charge is 2.53. The first kappa shape index (κ1) is 87.0. The predicted octanol–water partition coefficient (Wildman–Crippen LogP) is -3.58. The minimum absolute atomic E-state index is 0.170. The lowest BCUT2D eigenvalue weighted by molar-refractivity contribution is -0.0625. The topological polar surface area (TPSA) is 665 Å². The zero-order chi connectivity index (χ0) is 83.7. The Morgan fingerprint density at radius 2 is 0.795 bits per heavy atom. The summed E-state index contributed by atoms with van der Waals surface area (Å²) in [6.07, 6.45) is -7.54. The number of aliphatic hydroxyl groups excluding tert-OH is 6. The van der Waals surface area contributed by atoms with Crippen molar-refractivity contribution < 1.29 is 115 Å². The standard InChI is InChI=1S/2C21H27N6O10PS.C20H26N7O10PS/c2*1-33-18-17(12(7-28)36-20(18)26-5-3-14(30)25-21(26)31)37-38(32,39)34-8-13-11(29)6-15(35-13)27-9-24-16-10(22)2-4-23-19(16)27;1-33-16-15(10(5-28)36-19(16)26-3-2-12(30)25-20(26)31)37-38(32,39)34-6-11-9(29)4-13(35-11)27-8-24-14-17(21)22-7-23-18(14)27/h2*2-5,9,11-13,15,17-18,20,28-29H,6-8H2,1H3,(H2,22,23)(H,32,39)(H,25,30,31);2-3,7-11,13,15-16,19,28-29H,4-6H2,1H3,(H,32,39)(H2,21,22,23)(H,25,30,31)/t2*11-,12-,13-,15-,17+,18?,20-,38?;9-,10-,11-,13-,15+,16?,19-,38?/m111/s1. The molecule has 0 saturated carbocycles. The number of aromatic nitrogens is 16. The number of nitrogens with two attached hydrogens (primary N) is 3. The summed E-state index contributed by atoms with van der Waals surface area (Å²) in [7, 11) is 3.95. The van der Waals surface area contributed by atoms with Crippen LogP contribution in [-0.2, 0) is 98.0 Å². The Labute approximate surface area is 671 Å². The average Bonchev–Trinajstić information content (AvgIpc) is 1.69. The molecule has 636 valence electrons. The minimum Gasteiger partial charge on any atom is -0.397 e. The molecule has 0 radical (unpaired) electrons. The molecule has 24 atom stereocenters. The first-order chi connectivity index (χ1) is 55.8. The molecular weight excluding hydrogens is 1680 g/mol. The summed E-state index contributed by atoms with van der Waals surface area (Å²) >= 11 is 14.4. The summed E-state index contributed by atoms with van der Waals surface area (Å²) in [4.78, 5) is 128. The third-order valence-electron chi connectivity index (χ3n) is 19.5. The first-order valence-corrected chi connectivity index (χ1v) is 43.1. The van der Waals surface area contributed by atoms with E-state index in [2.05, 4.69) is 62.1 Å². The number of aromatic amines is 3. The van der Waals surface area contributed by atoms with E-state index >= 15 is 0 Å². The molecule has 55 heteroatoms. The van der Waals surface area contributed by atoms with Crippen molar-refractivity contribution in [2.45, 2.75) is 148 Å². The van der Waals surface area contributed by atoms with Crippen LogP contribution in [0.1, 0.15) is 56.6 Å². The normalized spacial score (nSPS) is 30.6. The molecule has 6 aliphatic heterocycles. The average molecular weight is 1760 g/mol. The summed E-state index contributed by atoms with van der Waals surface area (Å²) in [5.74, 6) is 0.203. The zero-order valence-electron chi connectivity index (χ0n) is 61.3. The smallest absolute Gasteiger partial charge is 0.386 e. The van der Waals surface area contributed by atoms with Crippen molar-refractivity contribution in [2.24, 2.45) is 0 Å². The second-order valence-electron chi connectivity index (χ2n) is 26.7.